The van der Waals surface area contributed by atoms with Crippen molar-refractivity contribution in [1.29, 1.82) is 0 Å². The van der Waals surface area contributed by atoms with Crippen molar-refractivity contribution in [3.8, 4) is 0 Å². The third-order valence-electron chi connectivity index (χ3n) is 5.96. The van der Waals surface area contributed by atoms with Crippen molar-refractivity contribution < 1.29 is 13.2 Å². The minimum Gasteiger partial charge on any atom is -0.340 e. The fraction of sp³-hybridized carbons (Fsp3) is 0.480. The zero-order valence-corrected chi connectivity index (χ0v) is 21.4. The summed E-state index contributed by atoms with van der Waals surface area (Å²) in [4.78, 5) is 17.8. The second-order valence-corrected chi connectivity index (χ2v) is 11.4. The van der Waals surface area contributed by atoms with E-state index in [1.807, 2.05) is 18.1 Å². The number of nitrogens with one attached hydrogen (secondary N) is 1. The molecule has 0 saturated carbocycles. The lowest BCUT2D eigenvalue weighted by Gasteiger charge is -2.27. The van der Waals surface area contributed by atoms with Gasteiger partial charge in [0, 0.05) is 32.7 Å². The Balaban J connectivity index is 1.65. The highest BCUT2D eigenvalue weighted by atomic mass is 32.2. The maximum Gasteiger partial charge on any atom is 0.241 e. The van der Waals surface area contributed by atoms with Crippen LogP contribution in [0.1, 0.15) is 29.5 Å². The maximum absolute atomic E-state index is 13.4. The Hall–Kier alpha value is -1.87. The highest BCUT2D eigenvalue weighted by Crippen LogP contribution is 2.15. The lowest BCUT2D eigenvalue weighted by Crippen LogP contribution is -2.49. The summed E-state index contributed by atoms with van der Waals surface area (Å²) in [5.41, 5.74) is 3.50. The average Bonchev–Trinajstić information content (AvgIpc) is 3.03. The third kappa shape index (κ3) is 7.57. The van der Waals surface area contributed by atoms with Crippen molar-refractivity contribution in [2.75, 3.05) is 38.2 Å². The van der Waals surface area contributed by atoms with Gasteiger partial charge < -0.3 is 4.90 Å². The molecule has 1 N–H and O–H groups in total. The molecule has 2 aromatic rings. The topological polar surface area (TPSA) is 69.7 Å². The second kappa shape index (κ2) is 12.0. The SMILES string of the molecule is CSCCC(NS(=O)(=O)c1ccc(C)cc1)C(=O)N1CCCN(Cc2ccc(C)cc2)CC1. The number of hydrogen-bond donors (Lipinski definition) is 1. The largest absolute Gasteiger partial charge is 0.340 e. The van der Waals surface area contributed by atoms with Gasteiger partial charge in [0.2, 0.25) is 15.9 Å². The van der Waals surface area contributed by atoms with Crippen molar-refractivity contribution in [3.63, 3.8) is 0 Å². The van der Waals surface area contributed by atoms with Crippen LogP contribution in [0.25, 0.3) is 0 Å². The standard InChI is InChI=1S/C25H35N3O3S2/c1-20-5-9-22(10-6-20)19-27-14-4-15-28(17-16-27)25(29)24(13-18-32-3)26-33(30,31)23-11-7-21(2)8-12-23/h5-12,24,26H,4,13-19H2,1-3H3. The van der Waals surface area contributed by atoms with E-state index in [0.717, 1.165) is 31.6 Å². The molecule has 1 heterocycles. The van der Waals surface area contributed by atoms with E-state index in [-0.39, 0.29) is 10.8 Å². The Morgan fingerprint density at radius 3 is 2.24 bits per heavy atom. The number of nitrogens with zero attached hydrogens (tertiary/aromatic N) is 2. The van der Waals surface area contributed by atoms with Gasteiger partial charge in [-0.05, 0) is 56.4 Å². The number of benzene rings is 2. The van der Waals surface area contributed by atoms with Crippen LogP contribution >= 0.6 is 11.8 Å². The molecule has 8 heteroatoms. The van der Waals surface area contributed by atoms with Crippen LogP contribution in [-0.4, -0.2) is 68.4 Å². The van der Waals surface area contributed by atoms with Crippen molar-refractivity contribution in [2.45, 2.75) is 44.2 Å². The first-order chi connectivity index (χ1) is 15.8. The Morgan fingerprint density at radius 2 is 1.61 bits per heavy atom. The molecule has 0 spiro atoms. The summed E-state index contributed by atoms with van der Waals surface area (Å²) in [5.74, 6) is 0.581. The van der Waals surface area contributed by atoms with Crippen molar-refractivity contribution >= 4 is 27.7 Å². The summed E-state index contributed by atoms with van der Waals surface area (Å²) in [6.07, 6.45) is 3.30. The monoisotopic (exact) mass is 489 g/mol. The lowest BCUT2D eigenvalue weighted by atomic mass is 10.1. The molecule has 33 heavy (non-hydrogen) atoms. The number of carbonyl (C=O) groups is 1. The molecule has 3 rings (SSSR count). The van der Waals surface area contributed by atoms with Crippen molar-refractivity contribution in [1.82, 2.24) is 14.5 Å². The van der Waals surface area contributed by atoms with Crippen LogP contribution < -0.4 is 4.72 Å². The van der Waals surface area contributed by atoms with Gasteiger partial charge in [-0.15, -0.1) is 0 Å². The van der Waals surface area contributed by atoms with Gasteiger partial charge in [-0.3, -0.25) is 9.69 Å². The van der Waals surface area contributed by atoms with E-state index in [4.69, 9.17) is 0 Å². The normalized spacial score (nSPS) is 16.4. The van der Waals surface area contributed by atoms with E-state index in [0.29, 0.717) is 25.3 Å². The van der Waals surface area contributed by atoms with E-state index >= 15 is 0 Å². The number of thioether (sulfide) groups is 1. The summed E-state index contributed by atoms with van der Waals surface area (Å²) in [5, 5.41) is 0. The molecule has 1 fully saturated rings. The average molecular weight is 490 g/mol. The molecule has 1 aliphatic rings. The summed E-state index contributed by atoms with van der Waals surface area (Å²) in [6.45, 7) is 7.80. The molecule has 1 amide bonds. The third-order valence-corrected chi connectivity index (χ3v) is 8.10. The van der Waals surface area contributed by atoms with Crippen LogP contribution in [0, 0.1) is 13.8 Å². The van der Waals surface area contributed by atoms with E-state index < -0.39 is 16.1 Å². The number of hydrogen-bond acceptors (Lipinski definition) is 5. The molecular weight excluding hydrogens is 454 g/mol. The number of sulfonamides is 1. The van der Waals surface area contributed by atoms with Gasteiger partial charge in [0.05, 0.1) is 4.90 Å². The molecule has 1 saturated heterocycles. The molecule has 0 bridgehead atoms. The van der Waals surface area contributed by atoms with Gasteiger partial charge in [0.25, 0.3) is 0 Å². The number of rotatable bonds is 9. The lowest BCUT2D eigenvalue weighted by molar-refractivity contribution is -0.132. The molecule has 2 aromatic carbocycles. The van der Waals surface area contributed by atoms with Gasteiger partial charge >= 0.3 is 0 Å². The summed E-state index contributed by atoms with van der Waals surface area (Å²) >= 11 is 1.61. The smallest absolute Gasteiger partial charge is 0.241 e. The Labute approximate surface area is 202 Å². The van der Waals surface area contributed by atoms with Crippen molar-refractivity contribution in [2.24, 2.45) is 0 Å². The second-order valence-electron chi connectivity index (χ2n) is 8.71. The minimum atomic E-state index is -3.77. The predicted octanol–water partition coefficient (Wildman–Crippen LogP) is 3.44. The van der Waals surface area contributed by atoms with Crippen LogP contribution in [0.3, 0.4) is 0 Å². The molecule has 1 atom stereocenters. The fourth-order valence-electron chi connectivity index (χ4n) is 3.96. The zero-order chi connectivity index (χ0) is 23.8. The van der Waals surface area contributed by atoms with Gasteiger partial charge in [-0.2, -0.15) is 16.5 Å². The van der Waals surface area contributed by atoms with E-state index in [2.05, 4.69) is 40.8 Å². The molecule has 0 aromatic heterocycles. The Kier molecular flexibility index (Phi) is 9.37. The van der Waals surface area contributed by atoms with Crippen LogP contribution in [0.15, 0.2) is 53.4 Å². The van der Waals surface area contributed by atoms with Crippen LogP contribution in [0.2, 0.25) is 0 Å². The van der Waals surface area contributed by atoms with Crippen LogP contribution in [-0.2, 0) is 21.4 Å². The minimum absolute atomic E-state index is 0.128. The molecular formula is C25H35N3O3S2. The number of aryl methyl sites for hydroxylation is 2. The van der Waals surface area contributed by atoms with Crippen molar-refractivity contribution in [3.05, 3.63) is 65.2 Å². The van der Waals surface area contributed by atoms with Crippen LogP contribution in [0.5, 0.6) is 0 Å². The molecule has 1 unspecified atom stereocenters. The first-order valence-electron chi connectivity index (χ1n) is 11.4. The molecule has 180 valence electrons. The van der Waals surface area contributed by atoms with Gasteiger partial charge in [-0.1, -0.05) is 47.5 Å². The summed E-state index contributed by atoms with van der Waals surface area (Å²) in [7, 11) is -3.77. The highest BCUT2D eigenvalue weighted by molar-refractivity contribution is 7.98. The summed E-state index contributed by atoms with van der Waals surface area (Å²) in [6, 6.07) is 14.5. The Bertz CT molecular complexity index is 1010. The number of carbonyl (C=O) groups excluding carboxylic acids is 1. The van der Waals surface area contributed by atoms with Crippen LogP contribution in [0.4, 0.5) is 0 Å². The fourth-order valence-corrected chi connectivity index (χ4v) is 5.66. The quantitative estimate of drug-likeness (QED) is 0.584. The van der Waals surface area contributed by atoms with E-state index in [9.17, 15) is 13.2 Å². The molecule has 0 aliphatic carbocycles. The van der Waals surface area contributed by atoms with E-state index in [1.54, 1.807) is 36.0 Å². The van der Waals surface area contributed by atoms with Gasteiger partial charge in [0.1, 0.15) is 6.04 Å². The van der Waals surface area contributed by atoms with E-state index in [1.165, 1.54) is 11.1 Å². The van der Waals surface area contributed by atoms with Gasteiger partial charge in [-0.25, -0.2) is 8.42 Å². The highest BCUT2D eigenvalue weighted by Gasteiger charge is 2.30. The summed E-state index contributed by atoms with van der Waals surface area (Å²) < 4.78 is 28.6. The first-order valence-corrected chi connectivity index (χ1v) is 14.3. The number of amides is 1. The van der Waals surface area contributed by atoms with Gasteiger partial charge in [0.15, 0.2) is 0 Å². The predicted molar refractivity (Wildman–Crippen MR) is 136 cm³/mol. The molecule has 6 nitrogen and oxygen atoms in total. The molecule has 0 radical (unpaired) electrons. The maximum atomic E-state index is 13.4. The zero-order valence-electron chi connectivity index (χ0n) is 19.8. The Morgan fingerprint density at radius 1 is 0.970 bits per heavy atom. The molecule has 1 aliphatic heterocycles. The first kappa shape index (κ1) is 25.7.